The van der Waals surface area contributed by atoms with Crippen LogP contribution in [0, 0.1) is 35.0 Å². The maximum absolute atomic E-state index is 12.3. The van der Waals surface area contributed by atoms with Gasteiger partial charge in [-0.15, -0.1) is 0 Å². The number of nitrogens with zero attached hydrogens (tertiary/aromatic N) is 1. The molecule has 1 amide bonds. The van der Waals surface area contributed by atoms with Gasteiger partial charge in [0.15, 0.2) is 0 Å². The van der Waals surface area contributed by atoms with Crippen molar-refractivity contribution in [2.75, 3.05) is 6.54 Å². The van der Waals surface area contributed by atoms with Gasteiger partial charge in [-0.2, -0.15) is 5.26 Å². The Hall–Kier alpha value is -3.04. The van der Waals surface area contributed by atoms with Crippen LogP contribution >= 0.6 is 0 Å². The molecule has 1 saturated carbocycles. The van der Waals surface area contributed by atoms with Gasteiger partial charge in [-0.25, -0.2) is 0 Å². The molecule has 2 aromatic carbocycles. The van der Waals surface area contributed by atoms with Gasteiger partial charge in [-0.05, 0) is 36.1 Å². The Morgan fingerprint density at radius 1 is 1.04 bits per heavy atom. The van der Waals surface area contributed by atoms with Gasteiger partial charge in [0.1, 0.15) is 6.54 Å². The summed E-state index contributed by atoms with van der Waals surface area (Å²) in [5.41, 5.74) is 3.28. The number of carbonyl (C=O) groups excluding carboxylic acids is 1. The highest BCUT2D eigenvalue weighted by Gasteiger charge is 2.29. The van der Waals surface area contributed by atoms with Crippen LogP contribution in [0.2, 0.25) is 0 Å². The molecule has 0 aliphatic heterocycles. The zero-order valence-corrected chi connectivity index (χ0v) is 14.7. The third kappa shape index (κ3) is 4.52. The molecule has 3 heteroatoms. The van der Waals surface area contributed by atoms with Crippen LogP contribution in [0.4, 0.5) is 0 Å². The number of nitriles is 1. The molecule has 0 spiro atoms. The van der Waals surface area contributed by atoms with E-state index < -0.39 is 0 Å². The standard InChI is InChI=1S/C23H22N2O/c24-15-16-25-23(26)22-12-5-4-10-20(22)14-13-18-7-6-11-21(17-18)19-8-2-1-3-9-19/h1-3,6-9,11,17,20,22H,4-5,10,12,16H2,(H,25,26)/t20?,22-/m1/s1. The van der Waals surface area contributed by atoms with Gasteiger partial charge in [0.05, 0.1) is 12.0 Å². The van der Waals surface area contributed by atoms with Gasteiger partial charge < -0.3 is 5.32 Å². The largest absolute Gasteiger partial charge is 0.343 e. The summed E-state index contributed by atoms with van der Waals surface area (Å²) in [4.78, 5) is 12.3. The van der Waals surface area contributed by atoms with E-state index in [0.29, 0.717) is 0 Å². The number of nitrogens with one attached hydrogen (secondary N) is 1. The third-order valence-corrected chi connectivity index (χ3v) is 4.82. The first-order valence-electron chi connectivity index (χ1n) is 9.09. The topological polar surface area (TPSA) is 52.9 Å². The minimum atomic E-state index is -0.109. The molecular formula is C23H22N2O. The van der Waals surface area contributed by atoms with Crippen molar-refractivity contribution in [1.82, 2.24) is 5.32 Å². The van der Waals surface area contributed by atoms with Crippen LogP contribution in [0.15, 0.2) is 54.6 Å². The lowest BCUT2D eigenvalue weighted by atomic mass is 9.79. The van der Waals surface area contributed by atoms with E-state index in [1.165, 1.54) is 5.56 Å². The van der Waals surface area contributed by atoms with Crippen molar-refractivity contribution in [3.05, 3.63) is 60.2 Å². The molecule has 3 rings (SSSR count). The second-order valence-corrected chi connectivity index (χ2v) is 6.59. The summed E-state index contributed by atoms with van der Waals surface area (Å²) in [7, 11) is 0. The molecule has 0 bridgehead atoms. The van der Waals surface area contributed by atoms with Crippen LogP contribution < -0.4 is 5.32 Å². The Bertz CT molecular complexity index is 855. The van der Waals surface area contributed by atoms with Crippen molar-refractivity contribution in [3.63, 3.8) is 0 Å². The van der Waals surface area contributed by atoms with Gasteiger partial charge in [0.2, 0.25) is 5.91 Å². The van der Waals surface area contributed by atoms with E-state index in [1.807, 2.05) is 36.4 Å². The van der Waals surface area contributed by atoms with Crippen molar-refractivity contribution in [2.45, 2.75) is 25.7 Å². The predicted molar refractivity (Wildman–Crippen MR) is 103 cm³/mol. The summed E-state index contributed by atoms with van der Waals surface area (Å²) < 4.78 is 0. The molecule has 2 aromatic rings. The fraction of sp³-hybridized carbons (Fsp3) is 0.304. The van der Waals surface area contributed by atoms with E-state index in [0.717, 1.165) is 36.8 Å². The van der Waals surface area contributed by atoms with E-state index in [2.05, 4.69) is 41.4 Å². The molecule has 3 nitrogen and oxygen atoms in total. The lowest BCUT2D eigenvalue weighted by Gasteiger charge is -2.26. The van der Waals surface area contributed by atoms with Crippen molar-refractivity contribution in [2.24, 2.45) is 11.8 Å². The number of rotatable bonds is 3. The van der Waals surface area contributed by atoms with Crippen molar-refractivity contribution in [3.8, 4) is 29.0 Å². The smallest absolute Gasteiger partial charge is 0.225 e. The average molecular weight is 342 g/mol. The highest BCUT2D eigenvalue weighted by atomic mass is 16.1. The summed E-state index contributed by atoms with van der Waals surface area (Å²) in [6.45, 7) is 0.0641. The van der Waals surface area contributed by atoms with Gasteiger partial charge in [-0.1, -0.05) is 67.1 Å². The summed E-state index contributed by atoms with van der Waals surface area (Å²) in [6, 6.07) is 20.4. The summed E-state index contributed by atoms with van der Waals surface area (Å²) in [5.74, 6) is 6.51. The molecule has 130 valence electrons. The Balaban J connectivity index is 1.77. The number of amides is 1. The normalized spacial score (nSPS) is 18.9. The second kappa shape index (κ2) is 8.88. The Morgan fingerprint density at radius 2 is 1.81 bits per heavy atom. The van der Waals surface area contributed by atoms with Crippen LogP contribution in [0.25, 0.3) is 11.1 Å². The summed E-state index contributed by atoms with van der Waals surface area (Å²) in [6.07, 6.45) is 3.94. The molecule has 2 atom stereocenters. The lowest BCUT2D eigenvalue weighted by molar-refractivity contribution is -0.126. The van der Waals surface area contributed by atoms with Gasteiger partial charge >= 0.3 is 0 Å². The molecule has 1 aliphatic rings. The summed E-state index contributed by atoms with van der Waals surface area (Å²) in [5, 5.41) is 11.4. The van der Waals surface area contributed by atoms with Crippen LogP contribution in [0.3, 0.4) is 0 Å². The minimum Gasteiger partial charge on any atom is -0.343 e. The van der Waals surface area contributed by atoms with Crippen LogP contribution in [-0.4, -0.2) is 12.5 Å². The van der Waals surface area contributed by atoms with Gasteiger partial charge in [0.25, 0.3) is 0 Å². The van der Waals surface area contributed by atoms with Crippen LogP contribution in [-0.2, 0) is 4.79 Å². The number of carbonyl (C=O) groups is 1. The Kier molecular flexibility index (Phi) is 6.07. The number of hydrogen-bond acceptors (Lipinski definition) is 2. The SMILES string of the molecule is N#CCNC(=O)[C@@H]1CCCCC1C#Cc1cccc(-c2ccccc2)c1. The van der Waals surface area contributed by atoms with Crippen molar-refractivity contribution < 1.29 is 4.79 Å². The highest BCUT2D eigenvalue weighted by Crippen LogP contribution is 2.30. The first kappa shape index (κ1) is 17.8. The number of benzene rings is 2. The van der Waals surface area contributed by atoms with E-state index >= 15 is 0 Å². The monoisotopic (exact) mass is 342 g/mol. The Labute approximate surface area is 155 Å². The molecule has 1 fully saturated rings. The zero-order chi connectivity index (χ0) is 18.2. The summed E-state index contributed by atoms with van der Waals surface area (Å²) >= 11 is 0. The van der Waals surface area contributed by atoms with E-state index in [4.69, 9.17) is 5.26 Å². The van der Waals surface area contributed by atoms with E-state index in [1.54, 1.807) is 0 Å². The average Bonchev–Trinajstić information content (AvgIpc) is 2.71. The first-order chi connectivity index (χ1) is 12.8. The molecule has 0 aromatic heterocycles. The molecule has 26 heavy (non-hydrogen) atoms. The van der Waals surface area contributed by atoms with E-state index in [-0.39, 0.29) is 24.3 Å². The van der Waals surface area contributed by atoms with E-state index in [9.17, 15) is 4.79 Å². The zero-order valence-electron chi connectivity index (χ0n) is 14.7. The molecule has 1 aliphatic carbocycles. The quantitative estimate of drug-likeness (QED) is 0.673. The molecule has 0 heterocycles. The van der Waals surface area contributed by atoms with Crippen molar-refractivity contribution >= 4 is 5.91 Å². The fourth-order valence-corrected chi connectivity index (χ4v) is 3.46. The molecule has 1 unspecified atom stereocenters. The Morgan fingerprint density at radius 3 is 2.62 bits per heavy atom. The van der Waals surface area contributed by atoms with Gasteiger partial charge in [0, 0.05) is 11.5 Å². The van der Waals surface area contributed by atoms with Crippen LogP contribution in [0.1, 0.15) is 31.2 Å². The third-order valence-electron chi connectivity index (χ3n) is 4.82. The molecule has 0 radical (unpaired) electrons. The van der Waals surface area contributed by atoms with Crippen molar-refractivity contribution in [1.29, 1.82) is 5.26 Å². The number of hydrogen-bond donors (Lipinski definition) is 1. The maximum Gasteiger partial charge on any atom is 0.225 e. The lowest BCUT2D eigenvalue weighted by Crippen LogP contribution is -2.36. The maximum atomic E-state index is 12.3. The van der Waals surface area contributed by atoms with Crippen LogP contribution in [0.5, 0.6) is 0 Å². The molecule has 1 N–H and O–H groups in total. The predicted octanol–water partition coefficient (Wildman–Crippen LogP) is 4.15. The molecular weight excluding hydrogens is 320 g/mol. The minimum absolute atomic E-state index is 0.0383. The first-order valence-corrected chi connectivity index (χ1v) is 9.09. The highest BCUT2D eigenvalue weighted by molar-refractivity contribution is 5.79. The van der Waals surface area contributed by atoms with Gasteiger partial charge in [-0.3, -0.25) is 4.79 Å². The molecule has 0 saturated heterocycles. The second-order valence-electron chi connectivity index (χ2n) is 6.59. The fourth-order valence-electron chi connectivity index (χ4n) is 3.46.